The van der Waals surface area contributed by atoms with Crippen molar-refractivity contribution in [2.24, 2.45) is 0 Å². The third-order valence-corrected chi connectivity index (χ3v) is 7.32. The molecule has 1 aliphatic heterocycles. The van der Waals surface area contributed by atoms with Crippen LogP contribution in [-0.4, -0.2) is 56.3 Å². The van der Waals surface area contributed by atoms with E-state index in [-0.39, 0.29) is 12.0 Å². The van der Waals surface area contributed by atoms with Gasteiger partial charge in [-0.1, -0.05) is 6.92 Å². The van der Waals surface area contributed by atoms with Crippen molar-refractivity contribution >= 4 is 7.60 Å². The van der Waals surface area contributed by atoms with Gasteiger partial charge in [0.05, 0.1) is 24.0 Å². The molecule has 0 bridgehead atoms. The molecule has 1 fully saturated rings. The highest BCUT2D eigenvalue weighted by atomic mass is 31.2. The number of aromatic nitrogens is 1. The van der Waals surface area contributed by atoms with E-state index in [2.05, 4.69) is 4.98 Å². The van der Waals surface area contributed by atoms with E-state index >= 15 is 0 Å². The minimum absolute atomic E-state index is 0.0211. The molecule has 2 heterocycles. The monoisotopic (exact) mass is 421 g/mol. The third kappa shape index (κ3) is 4.90. The second-order valence-electron chi connectivity index (χ2n) is 7.63. The van der Waals surface area contributed by atoms with E-state index in [0.29, 0.717) is 17.7 Å². The number of H-pyrrole nitrogens is 1. The summed E-state index contributed by atoms with van der Waals surface area (Å²) in [7, 11) is -4.12. The van der Waals surface area contributed by atoms with Crippen molar-refractivity contribution < 1.29 is 33.3 Å². The minimum atomic E-state index is -4.12. The maximum absolute atomic E-state index is 14.8. The molecule has 0 saturated carbocycles. The van der Waals surface area contributed by atoms with Crippen molar-refractivity contribution in [2.75, 3.05) is 6.61 Å². The first-order valence-electron chi connectivity index (χ1n) is 9.25. The second-order valence-corrected chi connectivity index (χ2v) is 9.82. The molecule has 7 unspecified atom stereocenters. The van der Waals surface area contributed by atoms with Crippen LogP contribution in [0.1, 0.15) is 51.0 Å². The molecule has 10 heteroatoms. The van der Waals surface area contributed by atoms with Gasteiger partial charge in [0, 0.05) is 23.7 Å². The Morgan fingerprint density at radius 3 is 2.64 bits per heavy atom. The average Bonchev–Trinajstić information content (AvgIpc) is 2.88. The molecule has 1 aromatic rings. The smallest absolute Gasteiger partial charge is 0.333 e. The zero-order valence-corrected chi connectivity index (χ0v) is 17.4. The minimum Gasteiger partial charge on any atom is -0.395 e. The number of alkyl halides is 1. The van der Waals surface area contributed by atoms with Gasteiger partial charge in [-0.15, -0.1) is 0 Å². The molecule has 1 aromatic heterocycles. The largest absolute Gasteiger partial charge is 0.395 e. The quantitative estimate of drug-likeness (QED) is 0.472. The lowest BCUT2D eigenvalue weighted by Gasteiger charge is -2.34. The lowest BCUT2D eigenvalue weighted by Crippen LogP contribution is -2.38. The number of halogens is 1. The van der Waals surface area contributed by atoms with Gasteiger partial charge < -0.3 is 29.4 Å². The predicted octanol–water partition coefficient (Wildman–Crippen LogP) is 1.96. The number of hydrogen-bond donors (Lipinski definition) is 4. The highest BCUT2D eigenvalue weighted by molar-refractivity contribution is 7.53. The molecule has 2 rings (SSSR count). The number of nitrogens with one attached hydrogen (secondary N) is 1. The molecule has 0 radical (unpaired) electrons. The van der Waals surface area contributed by atoms with E-state index in [1.807, 2.05) is 0 Å². The maximum Gasteiger partial charge on any atom is 0.333 e. The molecular weight excluding hydrogens is 392 g/mol. The van der Waals surface area contributed by atoms with Gasteiger partial charge in [0.1, 0.15) is 12.2 Å². The lowest BCUT2D eigenvalue weighted by molar-refractivity contribution is -0.0475. The fourth-order valence-electron chi connectivity index (χ4n) is 3.22. The SMILES string of the molecule is CCC(C)(CC1OC(c2ccc(=O)[nH]c2C)C(F)C1O)OP(=O)(O)C(C)CO. The molecule has 8 nitrogen and oxygen atoms in total. The molecule has 0 aliphatic carbocycles. The van der Waals surface area contributed by atoms with E-state index in [9.17, 15) is 23.7 Å². The summed E-state index contributed by atoms with van der Waals surface area (Å²) in [5.74, 6) is 0. The lowest BCUT2D eigenvalue weighted by atomic mass is 9.92. The van der Waals surface area contributed by atoms with E-state index in [1.54, 1.807) is 20.8 Å². The summed E-state index contributed by atoms with van der Waals surface area (Å²) < 4.78 is 38.3. The predicted molar refractivity (Wildman–Crippen MR) is 101 cm³/mol. The van der Waals surface area contributed by atoms with Gasteiger partial charge >= 0.3 is 7.60 Å². The zero-order chi connectivity index (χ0) is 21.3. The molecule has 0 spiro atoms. The van der Waals surface area contributed by atoms with Gasteiger partial charge in [0.15, 0.2) is 6.17 Å². The molecule has 160 valence electrons. The summed E-state index contributed by atoms with van der Waals surface area (Å²) in [6.07, 6.45) is -4.95. The third-order valence-electron chi connectivity index (χ3n) is 5.34. The maximum atomic E-state index is 14.8. The Morgan fingerprint density at radius 1 is 1.46 bits per heavy atom. The zero-order valence-electron chi connectivity index (χ0n) is 16.5. The van der Waals surface area contributed by atoms with Crippen LogP contribution >= 0.6 is 7.60 Å². The fourth-order valence-corrected chi connectivity index (χ4v) is 4.44. The van der Waals surface area contributed by atoms with E-state index in [0.717, 1.165) is 0 Å². The second kappa shape index (κ2) is 8.73. The summed E-state index contributed by atoms with van der Waals surface area (Å²) in [6.45, 7) is 5.81. The highest BCUT2D eigenvalue weighted by Crippen LogP contribution is 2.53. The summed E-state index contributed by atoms with van der Waals surface area (Å²) >= 11 is 0. The van der Waals surface area contributed by atoms with Crippen LogP contribution in [0.3, 0.4) is 0 Å². The number of aromatic amines is 1. The van der Waals surface area contributed by atoms with Gasteiger partial charge in [-0.05, 0) is 33.3 Å². The van der Waals surface area contributed by atoms with Crippen LogP contribution in [0.15, 0.2) is 16.9 Å². The van der Waals surface area contributed by atoms with Crippen LogP contribution in [0.25, 0.3) is 0 Å². The molecular formula is C18H29FNO7P. The number of pyridine rings is 1. The Kier molecular flexibility index (Phi) is 7.23. The van der Waals surface area contributed by atoms with Crippen LogP contribution < -0.4 is 5.56 Å². The molecule has 0 amide bonds. The Balaban J connectivity index is 2.20. The first-order valence-corrected chi connectivity index (χ1v) is 10.9. The molecule has 1 aliphatic rings. The normalized spacial score (nSPS) is 30.6. The molecule has 4 N–H and O–H groups in total. The Labute approximate surface area is 163 Å². The fraction of sp³-hybridized carbons (Fsp3) is 0.722. The Hall–Kier alpha value is -1.09. The van der Waals surface area contributed by atoms with Gasteiger partial charge in [-0.2, -0.15) is 0 Å². The van der Waals surface area contributed by atoms with Crippen molar-refractivity contribution in [3.05, 3.63) is 33.7 Å². The number of hydrogen-bond acceptors (Lipinski definition) is 6. The van der Waals surface area contributed by atoms with Crippen LogP contribution in [0.2, 0.25) is 0 Å². The Morgan fingerprint density at radius 2 is 2.11 bits per heavy atom. The molecule has 0 aromatic carbocycles. The van der Waals surface area contributed by atoms with Gasteiger partial charge in [-0.25, -0.2) is 4.39 Å². The molecule has 28 heavy (non-hydrogen) atoms. The number of aryl methyl sites for hydroxylation is 1. The Bertz CT molecular complexity index is 787. The number of aliphatic hydroxyl groups excluding tert-OH is 2. The summed E-state index contributed by atoms with van der Waals surface area (Å²) in [6, 6.07) is 2.72. The van der Waals surface area contributed by atoms with E-state index < -0.39 is 49.9 Å². The van der Waals surface area contributed by atoms with Crippen molar-refractivity contribution in [3.63, 3.8) is 0 Å². The average molecular weight is 421 g/mol. The number of aliphatic hydroxyl groups is 2. The van der Waals surface area contributed by atoms with Gasteiger partial charge in [0.25, 0.3) is 0 Å². The first kappa shape index (κ1) is 23.2. The topological polar surface area (TPSA) is 129 Å². The van der Waals surface area contributed by atoms with Crippen LogP contribution in [-0.2, 0) is 13.8 Å². The van der Waals surface area contributed by atoms with Crippen molar-refractivity contribution in [3.8, 4) is 0 Å². The first-order chi connectivity index (χ1) is 12.9. The number of rotatable bonds is 8. The van der Waals surface area contributed by atoms with Crippen molar-refractivity contribution in [1.29, 1.82) is 0 Å². The van der Waals surface area contributed by atoms with Crippen LogP contribution in [0.5, 0.6) is 0 Å². The summed E-state index contributed by atoms with van der Waals surface area (Å²) in [4.78, 5) is 24.1. The van der Waals surface area contributed by atoms with Crippen molar-refractivity contribution in [1.82, 2.24) is 4.98 Å². The van der Waals surface area contributed by atoms with Crippen LogP contribution in [0.4, 0.5) is 4.39 Å². The van der Waals surface area contributed by atoms with E-state index in [1.165, 1.54) is 19.1 Å². The molecule has 1 saturated heterocycles. The summed E-state index contributed by atoms with van der Waals surface area (Å²) in [5.41, 5.74) is -1.60. The van der Waals surface area contributed by atoms with Gasteiger partial charge in [0.2, 0.25) is 5.56 Å². The van der Waals surface area contributed by atoms with Crippen LogP contribution in [0, 0.1) is 6.92 Å². The standard InChI is InChI=1S/C18H29FNO7P/c1-5-18(4,27-28(24,25)10(2)9-21)8-13-16(23)15(19)17(26-13)12-6-7-14(22)20-11(12)3/h6-7,10,13,15-17,21,23H,5,8-9H2,1-4H3,(H,20,22)(H,24,25). The number of ether oxygens (including phenoxy) is 1. The summed E-state index contributed by atoms with van der Waals surface area (Å²) in [5, 5.41) is 19.5. The molecule has 7 atom stereocenters. The van der Waals surface area contributed by atoms with Gasteiger partial charge in [-0.3, -0.25) is 9.36 Å². The van der Waals surface area contributed by atoms with Crippen molar-refractivity contribution in [2.45, 2.75) is 76.3 Å². The highest BCUT2D eigenvalue weighted by Gasteiger charge is 2.49. The van der Waals surface area contributed by atoms with E-state index in [4.69, 9.17) is 14.4 Å².